The molecule has 1 amide bonds. The van der Waals surface area contributed by atoms with Crippen LogP contribution in [0.3, 0.4) is 0 Å². The molecule has 0 spiro atoms. The molecule has 11 heteroatoms. The first-order chi connectivity index (χ1) is 16.5. The van der Waals surface area contributed by atoms with Crippen molar-refractivity contribution in [2.45, 2.75) is 24.9 Å². The number of nitrogens with one attached hydrogen (secondary N) is 1. The van der Waals surface area contributed by atoms with Gasteiger partial charge in [-0.1, -0.05) is 5.92 Å². The summed E-state index contributed by atoms with van der Waals surface area (Å²) in [5.41, 5.74) is 6.72. The third kappa shape index (κ3) is 3.66. The van der Waals surface area contributed by atoms with Gasteiger partial charge in [0.15, 0.2) is 5.82 Å². The largest absolute Gasteiger partial charge is 0.382 e. The van der Waals surface area contributed by atoms with E-state index >= 15 is 4.39 Å². The van der Waals surface area contributed by atoms with Crippen LogP contribution in [0.5, 0.6) is 0 Å². The minimum absolute atomic E-state index is 0.0203. The van der Waals surface area contributed by atoms with Crippen molar-refractivity contribution in [3.05, 3.63) is 41.2 Å². The van der Waals surface area contributed by atoms with E-state index < -0.39 is 17.8 Å². The van der Waals surface area contributed by atoms with Crippen LogP contribution in [-0.4, -0.2) is 56.6 Å². The molecule has 2 fully saturated rings. The minimum atomic E-state index is -0.816. The van der Waals surface area contributed by atoms with E-state index in [4.69, 9.17) is 16.9 Å². The molecule has 1 unspecified atom stereocenters. The average Bonchev–Trinajstić information content (AvgIpc) is 3.62. The number of nitrogens with two attached hydrogens (primary N) is 1. The molecule has 0 radical (unpaired) electrons. The maximum absolute atomic E-state index is 15.1. The van der Waals surface area contributed by atoms with Crippen LogP contribution in [0.25, 0.3) is 11.0 Å². The second kappa shape index (κ2) is 8.61. The third-order valence-corrected chi connectivity index (χ3v) is 5.95. The maximum Gasteiger partial charge on any atom is 0.259 e. The molecule has 10 nitrogen and oxygen atoms in total. The van der Waals surface area contributed by atoms with Crippen LogP contribution in [0.15, 0.2) is 18.5 Å². The van der Waals surface area contributed by atoms with Crippen LogP contribution in [0.1, 0.15) is 46.7 Å². The number of amides is 1. The van der Waals surface area contributed by atoms with Crippen molar-refractivity contribution < 1.29 is 13.9 Å². The Morgan fingerprint density at radius 2 is 2.09 bits per heavy atom. The zero-order valence-electron chi connectivity index (χ0n) is 18.2. The first-order valence-electron chi connectivity index (χ1n) is 10.8. The highest BCUT2D eigenvalue weighted by atomic mass is 19.1. The van der Waals surface area contributed by atoms with Gasteiger partial charge >= 0.3 is 0 Å². The Hall–Kier alpha value is -4.22. The van der Waals surface area contributed by atoms with E-state index in [1.807, 2.05) is 10.6 Å². The number of nitriles is 1. The molecular formula is C23H21FN8O2. The van der Waals surface area contributed by atoms with Crippen molar-refractivity contribution in [3.63, 3.8) is 0 Å². The van der Waals surface area contributed by atoms with Crippen molar-refractivity contribution in [1.29, 1.82) is 5.26 Å². The number of halogens is 1. The molecule has 3 heterocycles. The molecule has 3 aromatic rings. The maximum atomic E-state index is 15.1. The average molecular weight is 460 g/mol. The molecule has 1 atom stereocenters. The smallest absolute Gasteiger partial charge is 0.259 e. The number of nitrogen functional groups attached to an aromatic ring is 1. The molecule has 1 aliphatic carbocycles. The number of aromatic nitrogens is 4. The van der Waals surface area contributed by atoms with Crippen molar-refractivity contribution in [1.82, 2.24) is 24.4 Å². The summed E-state index contributed by atoms with van der Waals surface area (Å²) < 4.78 is 22.3. The normalized spacial score (nSPS) is 16.6. The fourth-order valence-corrected chi connectivity index (χ4v) is 4.15. The lowest BCUT2D eigenvalue weighted by Gasteiger charge is -2.27. The Morgan fingerprint density at radius 1 is 1.32 bits per heavy atom. The number of anilines is 2. The number of carbonyl (C=O) groups excluding carboxylic acids is 1. The Balaban J connectivity index is 1.63. The van der Waals surface area contributed by atoms with Gasteiger partial charge in [0.1, 0.15) is 47.0 Å². The summed E-state index contributed by atoms with van der Waals surface area (Å²) in [6, 6.07) is 3.98. The monoisotopic (exact) mass is 460 g/mol. The molecule has 3 N–H and O–H groups in total. The molecule has 1 aliphatic heterocycles. The number of ether oxygens (including phenoxy) is 1. The number of benzene rings is 1. The van der Waals surface area contributed by atoms with Gasteiger partial charge in [0.05, 0.1) is 24.2 Å². The van der Waals surface area contributed by atoms with Crippen molar-refractivity contribution in [2.24, 2.45) is 0 Å². The Labute approximate surface area is 194 Å². The van der Waals surface area contributed by atoms with Gasteiger partial charge in [-0.05, 0) is 25.0 Å². The van der Waals surface area contributed by atoms with Gasteiger partial charge in [-0.3, -0.25) is 4.79 Å². The number of hydrogen-bond donors (Lipinski definition) is 2. The second-order valence-electron chi connectivity index (χ2n) is 8.10. The van der Waals surface area contributed by atoms with E-state index in [2.05, 4.69) is 26.2 Å². The van der Waals surface area contributed by atoms with Gasteiger partial charge in [0, 0.05) is 19.1 Å². The van der Waals surface area contributed by atoms with E-state index in [0.717, 1.165) is 12.8 Å². The highest BCUT2D eigenvalue weighted by Crippen LogP contribution is 2.42. The number of imidazole rings is 1. The quantitative estimate of drug-likeness (QED) is 0.552. The van der Waals surface area contributed by atoms with E-state index in [1.54, 1.807) is 11.0 Å². The van der Waals surface area contributed by atoms with Gasteiger partial charge in [-0.25, -0.2) is 19.3 Å². The zero-order chi connectivity index (χ0) is 23.8. The lowest BCUT2D eigenvalue weighted by atomic mass is 10.1. The molecule has 5 rings (SSSR count). The summed E-state index contributed by atoms with van der Waals surface area (Å²) in [5, 5.41) is 12.5. The van der Waals surface area contributed by atoms with Crippen LogP contribution in [-0.2, 0) is 4.74 Å². The molecule has 34 heavy (non-hydrogen) atoms. The fraction of sp³-hybridized carbons (Fsp3) is 0.348. The van der Waals surface area contributed by atoms with E-state index in [0.29, 0.717) is 43.2 Å². The Morgan fingerprint density at radius 3 is 2.76 bits per heavy atom. The van der Waals surface area contributed by atoms with Gasteiger partial charge in [-0.15, -0.1) is 6.42 Å². The van der Waals surface area contributed by atoms with Crippen molar-refractivity contribution in [3.8, 4) is 18.4 Å². The lowest BCUT2D eigenvalue weighted by Crippen LogP contribution is -2.41. The number of nitrogens with zero attached hydrogens (tertiary/aromatic N) is 6. The first kappa shape index (κ1) is 21.6. The van der Waals surface area contributed by atoms with Gasteiger partial charge < -0.3 is 25.3 Å². The van der Waals surface area contributed by atoms with Gasteiger partial charge in [0.2, 0.25) is 0 Å². The van der Waals surface area contributed by atoms with E-state index in [-0.39, 0.29) is 28.8 Å². The van der Waals surface area contributed by atoms with Crippen LogP contribution in [0.2, 0.25) is 0 Å². The van der Waals surface area contributed by atoms with E-state index in [1.165, 1.54) is 12.4 Å². The molecule has 2 aliphatic rings. The van der Waals surface area contributed by atoms with Crippen LogP contribution in [0.4, 0.5) is 16.0 Å². The highest BCUT2D eigenvalue weighted by molar-refractivity contribution is 6.05. The Kier molecular flexibility index (Phi) is 5.48. The standard InChI is InChI=1S/C23H21FN8O2/c1-2-16(29-21-14(11-25)20(26)27-12-28-21)22-30-17-6-5-15(24)18(19(17)32(22)13-3-4-13)23(33)31-7-9-34-10-8-31/h1,5-6,12-13,16H,3-4,7-10H2,(H3,26,27,28,29). The summed E-state index contributed by atoms with van der Waals surface area (Å²) >= 11 is 0. The van der Waals surface area contributed by atoms with Crippen LogP contribution >= 0.6 is 0 Å². The van der Waals surface area contributed by atoms with Gasteiger partial charge in [0.25, 0.3) is 5.91 Å². The predicted octanol–water partition coefficient (Wildman–Crippen LogP) is 2.01. The van der Waals surface area contributed by atoms with Crippen molar-refractivity contribution >= 4 is 28.6 Å². The predicted molar refractivity (Wildman–Crippen MR) is 121 cm³/mol. The zero-order valence-corrected chi connectivity index (χ0v) is 18.2. The molecule has 2 aromatic heterocycles. The molecule has 0 bridgehead atoms. The van der Waals surface area contributed by atoms with Crippen LogP contribution in [0, 0.1) is 29.5 Å². The summed E-state index contributed by atoms with van der Waals surface area (Å²) in [6.45, 7) is 1.59. The molecule has 172 valence electrons. The second-order valence-corrected chi connectivity index (χ2v) is 8.10. The molecule has 1 saturated heterocycles. The lowest BCUT2D eigenvalue weighted by molar-refractivity contribution is 0.0301. The SMILES string of the molecule is C#CC(Nc1ncnc(N)c1C#N)c1nc2ccc(F)c(C(=O)N3CCOCC3)c2n1C1CC1. The van der Waals surface area contributed by atoms with E-state index in [9.17, 15) is 10.1 Å². The number of terminal acetylenes is 1. The topological polar surface area (TPSA) is 135 Å². The summed E-state index contributed by atoms with van der Waals surface area (Å²) in [5.74, 6) is 2.24. The minimum Gasteiger partial charge on any atom is -0.382 e. The molecular weight excluding hydrogens is 439 g/mol. The number of fused-ring (bicyclic) bond motifs is 1. The summed E-state index contributed by atoms with van der Waals surface area (Å²) in [6.07, 6.45) is 8.78. The third-order valence-electron chi connectivity index (χ3n) is 5.95. The number of hydrogen-bond acceptors (Lipinski definition) is 8. The fourth-order valence-electron chi connectivity index (χ4n) is 4.15. The molecule has 1 saturated carbocycles. The first-order valence-corrected chi connectivity index (χ1v) is 10.8. The summed E-state index contributed by atoms with van der Waals surface area (Å²) in [4.78, 5) is 27.6. The van der Waals surface area contributed by atoms with Crippen molar-refractivity contribution in [2.75, 3.05) is 37.4 Å². The summed E-state index contributed by atoms with van der Waals surface area (Å²) in [7, 11) is 0. The van der Waals surface area contributed by atoms with Crippen LogP contribution < -0.4 is 11.1 Å². The number of rotatable bonds is 5. The highest BCUT2D eigenvalue weighted by Gasteiger charge is 2.35. The number of carbonyl (C=O) groups is 1. The van der Waals surface area contributed by atoms with Gasteiger partial charge in [-0.2, -0.15) is 5.26 Å². The number of morpholine rings is 1. The Bertz CT molecular complexity index is 1360. The molecule has 1 aromatic carbocycles.